The van der Waals surface area contributed by atoms with Crippen LogP contribution in [0.15, 0.2) is 30.3 Å². The van der Waals surface area contributed by atoms with Crippen molar-refractivity contribution in [2.75, 3.05) is 20.2 Å². The molecule has 1 saturated heterocycles. The molecule has 1 aliphatic rings. The number of nitrogens with two attached hydrogens (primary N) is 1. The predicted molar refractivity (Wildman–Crippen MR) is 71.2 cm³/mol. The molecular weight excluding hydrogens is 228 g/mol. The molecule has 0 aliphatic carbocycles. The van der Waals surface area contributed by atoms with Crippen LogP contribution in [-0.4, -0.2) is 37.0 Å². The first-order chi connectivity index (χ1) is 8.69. The SMILES string of the molecule is COc1ccc(/C=C/C(=O)N2CC[C@H](N)C2)cc1. The monoisotopic (exact) mass is 246 g/mol. The molecule has 1 amide bonds. The van der Waals surface area contributed by atoms with Crippen LogP contribution in [0.25, 0.3) is 6.08 Å². The maximum absolute atomic E-state index is 11.8. The summed E-state index contributed by atoms with van der Waals surface area (Å²) in [5.74, 6) is 0.836. The summed E-state index contributed by atoms with van der Waals surface area (Å²) in [6.45, 7) is 1.42. The molecule has 0 radical (unpaired) electrons. The van der Waals surface area contributed by atoms with Crippen LogP contribution in [0.4, 0.5) is 0 Å². The summed E-state index contributed by atoms with van der Waals surface area (Å²) >= 11 is 0. The quantitative estimate of drug-likeness (QED) is 0.817. The van der Waals surface area contributed by atoms with Crippen molar-refractivity contribution in [2.45, 2.75) is 12.5 Å². The van der Waals surface area contributed by atoms with Crippen LogP contribution in [0.1, 0.15) is 12.0 Å². The van der Waals surface area contributed by atoms with Crippen molar-refractivity contribution in [2.24, 2.45) is 5.73 Å². The Morgan fingerprint density at radius 2 is 2.17 bits per heavy atom. The van der Waals surface area contributed by atoms with E-state index in [0.717, 1.165) is 24.3 Å². The number of methoxy groups -OCH3 is 1. The average Bonchev–Trinajstić information content (AvgIpc) is 2.83. The predicted octanol–water partition coefficient (Wildman–Crippen LogP) is 1.27. The van der Waals surface area contributed by atoms with Gasteiger partial charge >= 0.3 is 0 Å². The molecule has 1 fully saturated rings. The maximum atomic E-state index is 11.8. The van der Waals surface area contributed by atoms with Crippen molar-refractivity contribution >= 4 is 12.0 Å². The lowest BCUT2D eigenvalue weighted by Gasteiger charge is -2.12. The Kier molecular flexibility index (Phi) is 3.99. The van der Waals surface area contributed by atoms with E-state index < -0.39 is 0 Å². The number of hydrogen-bond acceptors (Lipinski definition) is 3. The number of amides is 1. The summed E-state index contributed by atoms with van der Waals surface area (Å²) in [6, 6.07) is 7.70. The minimum Gasteiger partial charge on any atom is -0.497 e. The third-order valence-electron chi connectivity index (χ3n) is 3.07. The van der Waals surface area contributed by atoms with Crippen LogP contribution in [0.2, 0.25) is 0 Å². The standard InChI is InChI=1S/C14H18N2O2/c1-18-13-5-2-11(3-6-13)4-7-14(17)16-9-8-12(15)10-16/h2-7,12H,8-10,15H2,1H3/b7-4+/t12-/m0/s1. The molecule has 0 aromatic heterocycles. The maximum Gasteiger partial charge on any atom is 0.246 e. The number of hydrogen-bond donors (Lipinski definition) is 1. The van der Waals surface area contributed by atoms with Gasteiger partial charge in [0.25, 0.3) is 0 Å². The zero-order valence-corrected chi connectivity index (χ0v) is 10.5. The fraction of sp³-hybridized carbons (Fsp3) is 0.357. The van der Waals surface area contributed by atoms with E-state index in [1.165, 1.54) is 0 Å². The molecule has 1 aliphatic heterocycles. The lowest BCUT2D eigenvalue weighted by Crippen LogP contribution is -2.30. The topological polar surface area (TPSA) is 55.6 Å². The molecule has 1 atom stereocenters. The Balaban J connectivity index is 1.95. The molecule has 1 aromatic carbocycles. The lowest BCUT2D eigenvalue weighted by molar-refractivity contribution is -0.124. The first-order valence-electron chi connectivity index (χ1n) is 6.05. The van der Waals surface area contributed by atoms with Crippen LogP contribution in [0.5, 0.6) is 5.75 Å². The van der Waals surface area contributed by atoms with Gasteiger partial charge in [-0.05, 0) is 30.2 Å². The third-order valence-corrected chi connectivity index (χ3v) is 3.07. The van der Waals surface area contributed by atoms with E-state index in [-0.39, 0.29) is 11.9 Å². The number of carbonyl (C=O) groups excluding carboxylic acids is 1. The van der Waals surface area contributed by atoms with Gasteiger partial charge in [0.05, 0.1) is 7.11 Å². The van der Waals surface area contributed by atoms with Gasteiger partial charge in [0.1, 0.15) is 5.75 Å². The van der Waals surface area contributed by atoms with E-state index in [1.807, 2.05) is 30.3 Å². The van der Waals surface area contributed by atoms with E-state index >= 15 is 0 Å². The van der Waals surface area contributed by atoms with Gasteiger partial charge in [0.15, 0.2) is 0 Å². The lowest BCUT2D eigenvalue weighted by atomic mass is 10.2. The second-order valence-corrected chi connectivity index (χ2v) is 4.44. The summed E-state index contributed by atoms with van der Waals surface area (Å²) in [6.07, 6.45) is 4.30. The first kappa shape index (κ1) is 12.6. The van der Waals surface area contributed by atoms with Crippen molar-refractivity contribution in [3.63, 3.8) is 0 Å². The van der Waals surface area contributed by atoms with Gasteiger partial charge in [-0.2, -0.15) is 0 Å². The van der Waals surface area contributed by atoms with Crippen LogP contribution in [0.3, 0.4) is 0 Å². The number of rotatable bonds is 3. The molecule has 2 N–H and O–H groups in total. The van der Waals surface area contributed by atoms with Gasteiger partial charge in [0.2, 0.25) is 5.91 Å². The molecule has 2 rings (SSSR count). The number of nitrogens with zero attached hydrogens (tertiary/aromatic N) is 1. The molecule has 0 unspecified atom stereocenters. The zero-order chi connectivity index (χ0) is 13.0. The van der Waals surface area contributed by atoms with Crippen LogP contribution < -0.4 is 10.5 Å². The Bertz CT molecular complexity index is 440. The summed E-state index contributed by atoms with van der Waals surface area (Å²) in [7, 11) is 1.63. The Hall–Kier alpha value is -1.81. The Morgan fingerprint density at radius 3 is 2.72 bits per heavy atom. The number of benzene rings is 1. The van der Waals surface area contributed by atoms with Gasteiger partial charge in [-0.1, -0.05) is 12.1 Å². The van der Waals surface area contributed by atoms with Crippen LogP contribution in [-0.2, 0) is 4.79 Å². The molecule has 96 valence electrons. The summed E-state index contributed by atoms with van der Waals surface area (Å²) < 4.78 is 5.07. The minimum absolute atomic E-state index is 0.0266. The number of carbonyl (C=O) groups is 1. The molecular formula is C14H18N2O2. The molecule has 4 nitrogen and oxygen atoms in total. The molecule has 4 heteroatoms. The van der Waals surface area contributed by atoms with E-state index in [4.69, 9.17) is 10.5 Å². The van der Waals surface area contributed by atoms with Crippen LogP contribution >= 0.6 is 0 Å². The fourth-order valence-electron chi connectivity index (χ4n) is 1.98. The highest BCUT2D eigenvalue weighted by molar-refractivity contribution is 5.92. The van der Waals surface area contributed by atoms with Gasteiger partial charge in [-0.15, -0.1) is 0 Å². The normalized spacial score (nSPS) is 19.4. The van der Waals surface area contributed by atoms with E-state index in [9.17, 15) is 4.79 Å². The van der Waals surface area contributed by atoms with Gasteiger partial charge in [-0.25, -0.2) is 0 Å². The highest BCUT2D eigenvalue weighted by Gasteiger charge is 2.21. The molecule has 0 bridgehead atoms. The van der Waals surface area contributed by atoms with Gasteiger partial charge < -0.3 is 15.4 Å². The zero-order valence-electron chi connectivity index (χ0n) is 10.5. The highest BCUT2D eigenvalue weighted by Crippen LogP contribution is 2.13. The van der Waals surface area contributed by atoms with Crippen molar-refractivity contribution in [3.8, 4) is 5.75 Å². The molecule has 0 spiro atoms. The highest BCUT2D eigenvalue weighted by atomic mass is 16.5. The summed E-state index contributed by atoms with van der Waals surface area (Å²) in [4.78, 5) is 13.6. The fourth-order valence-corrected chi connectivity index (χ4v) is 1.98. The van der Waals surface area contributed by atoms with Gasteiger partial charge in [0, 0.05) is 25.2 Å². The largest absolute Gasteiger partial charge is 0.497 e. The summed E-state index contributed by atoms with van der Waals surface area (Å²) in [5, 5.41) is 0. The van der Waals surface area contributed by atoms with E-state index in [2.05, 4.69) is 0 Å². The van der Waals surface area contributed by atoms with E-state index in [0.29, 0.717) is 6.54 Å². The van der Waals surface area contributed by atoms with Crippen molar-refractivity contribution in [3.05, 3.63) is 35.9 Å². The second-order valence-electron chi connectivity index (χ2n) is 4.44. The summed E-state index contributed by atoms with van der Waals surface area (Å²) in [5.41, 5.74) is 6.75. The van der Waals surface area contributed by atoms with Crippen molar-refractivity contribution in [1.82, 2.24) is 4.90 Å². The minimum atomic E-state index is 0.0266. The molecule has 0 saturated carbocycles. The first-order valence-corrected chi connectivity index (χ1v) is 6.05. The second kappa shape index (κ2) is 5.69. The Labute approximate surface area is 107 Å². The molecule has 1 aromatic rings. The molecule has 1 heterocycles. The third kappa shape index (κ3) is 3.11. The number of ether oxygens (including phenoxy) is 1. The van der Waals surface area contributed by atoms with Crippen molar-refractivity contribution in [1.29, 1.82) is 0 Å². The number of likely N-dealkylation sites (tertiary alicyclic amines) is 1. The van der Waals surface area contributed by atoms with Crippen molar-refractivity contribution < 1.29 is 9.53 Å². The average molecular weight is 246 g/mol. The van der Waals surface area contributed by atoms with Gasteiger partial charge in [-0.3, -0.25) is 4.79 Å². The molecule has 18 heavy (non-hydrogen) atoms. The smallest absolute Gasteiger partial charge is 0.246 e. The van der Waals surface area contributed by atoms with Crippen LogP contribution in [0, 0.1) is 0 Å². The van der Waals surface area contributed by atoms with E-state index in [1.54, 1.807) is 18.1 Å². The Morgan fingerprint density at radius 1 is 1.44 bits per heavy atom.